The van der Waals surface area contributed by atoms with Gasteiger partial charge in [0.05, 0.1) is 12.0 Å². The number of rotatable bonds is 14. The maximum Gasteiger partial charge on any atom is 0.311 e. The first-order valence-electron chi connectivity index (χ1n) is 12.6. The van der Waals surface area contributed by atoms with E-state index >= 15 is 0 Å². The normalized spacial score (nSPS) is 11.4. The van der Waals surface area contributed by atoms with Crippen molar-refractivity contribution in [3.05, 3.63) is 99.1 Å². The van der Waals surface area contributed by atoms with E-state index in [1.54, 1.807) is 18.2 Å². The van der Waals surface area contributed by atoms with Crippen LogP contribution >= 0.6 is 11.6 Å². The van der Waals surface area contributed by atoms with Crippen molar-refractivity contribution in [1.82, 2.24) is 10.2 Å². The molecule has 39 heavy (non-hydrogen) atoms. The molecule has 2 amide bonds. The molecule has 206 valence electrons. The second-order valence-electron chi connectivity index (χ2n) is 8.84. The Balaban J connectivity index is 1.91. The SMILES string of the molecule is CCCCNC(=O)[C@@H](Cc1ccccc1)N(Cc1ccccc1Cl)C(=O)COc1ccc([N+](=O)[O-])c(OC)c1. The van der Waals surface area contributed by atoms with Crippen molar-refractivity contribution in [3.63, 3.8) is 0 Å². The Morgan fingerprint density at radius 2 is 1.79 bits per heavy atom. The predicted octanol–water partition coefficient (Wildman–Crippen LogP) is 5.19. The van der Waals surface area contributed by atoms with Crippen molar-refractivity contribution in [2.45, 2.75) is 38.8 Å². The third kappa shape index (κ3) is 8.44. The maximum atomic E-state index is 13.7. The van der Waals surface area contributed by atoms with Gasteiger partial charge in [-0.05, 0) is 29.7 Å². The van der Waals surface area contributed by atoms with Crippen molar-refractivity contribution in [3.8, 4) is 11.5 Å². The van der Waals surface area contributed by atoms with E-state index < -0.39 is 23.5 Å². The molecule has 0 aliphatic heterocycles. The van der Waals surface area contributed by atoms with Crippen LogP contribution in [-0.2, 0) is 22.6 Å². The summed E-state index contributed by atoms with van der Waals surface area (Å²) in [5.41, 5.74) is 1.36. The Morgan fingerprint density at radius 1 is 1.08 bits per heavy atom. The van der Waals surface area contributed by atoms with Crippen LogP contribution in [0.15, 0.2) is 72.8 Å². The smallest absolute Gasteiger partial charge is 0.311 e. The third-order valence-electron chi connectivity index (χ3n) is 6.11. The summed E-state index contributed by atoms with van der Waals surface area (Å²) in [5, 5.41) is 14.6. The topological polar surface area (TPSA) is 111 Å². The number of carbonyl (C=O) groups excluding carboxylic acids is 2. The lowest BCUT2D eigenvalue weighted by Crippen LogP contribution is -2.51. The lowest BCUT2D eigenvalue weighted by atomic mass is 10.0. The van der Waals surface area contributed by atoms with Crippen molar-refractivity contribution in [2.75, 3.05) is 20.3 Å². The molecule has 0 radical (unpaired) electrons. The van der Waals surface area contributed by atoms with Crippen LogP contribution < -0.4 is 14.8 Å². The molecule has 0 bridgehead atoms. The standard InChI is InChI=1S/C29H32ClN3O6/c1-3-4-16-31-29(35)26(17-21-10-6-5-7-11-21)32(19-22-12-8-9-13-24(22)30)28(34)20-39-23-14-15-25(33(36)37)27(18-23)38-2/h5-15,18,26H,3-4,16-17,19-20H2,1-2H3,(H,31,35)/t26-/m1/s1. The third-order valence-corrected chi connectivity index (χ3v) is 6.48. The van der Waals surface area contributed by atoms with Gasteiger partial charge in [-0.3, -0.25) is 19.7 Å². The van der Waals surface area contributed by atoms with Gasteiger partial charge in [-0.1, -0.05) is 73.5 Å². The molecule has 0 heterocycles. The van der Waals surface area contributed by atoms with Crippen molar-refractivity contribution in [2.24, 2.45) is 0 Å². The molecule has 0 aliphatic carbocycles. The van der Waals surface area contributed by atoms with Gasteiger partial charge < -0.3 is 19.7 Å². The summed E-state index contributed by atoms with van der Waals surface area (Å²) in [4.78, 5) is 39.2. The second-order valence-corrected chi connectivity index (χ2v) is 9.25. The van der Waals surface area contributed by atoms with Gasteiger partial charge in [0.15, 0.2) is 6.61 Å². The molecule has 0 saturated heterocycles. The zero-order chi connectivity index (χ0) is 28.2. The molecular weight excluding hydrogens is 522 g/mol. The minimum atomic E-state index is -0.831. The molecule has 0 spiro atoms. The fraction of sp³-hybridized carbons (Fsp3) is 0.310. The Labute approximate surface area is 232 Å². The number of nitro groups is 1. The molecule has 1 N–H and O–H groups in total. The number of carbonyl (C=O) groups is 2. The highest BCUT2D eigenvalue weighted by atomic mass is 35.5. The Bertz CT molecular complexity index is 1270. The monoisotopic (exact) mass is 553 g/mol. The highest BCUT2D eigenvalue weighted by Crippen LogP contribution is 2.31. The number of amides is 2. The fourth-order valence-corrected chi connectivity index (χ4v) is 4.19. The summed E-state index contributed by atoms with van der Waals surface area (Å²) in [6.07, 6.45) is 2.02. The summed E-state index contributed by atoms with van der Waals surface area (Å²) in [5.74, 6) is -0.492. The molecule has 1 atom stereocenters. The Morgan fingerprint density at radius 3 is 2.46 bits per heavy atom. The van der Waals surface area contributed by atoms with E-state index in [1.165, 1.54) is 30.2 Å². The Kier molecular flexibility index (Phi) is 11.1. The van der Waals surface area contributed by atoms with Crippen LogP contribution in [0.4, 0.5) is 5.69 Å². The summed E-state index contributed by atoms with van der Waals surface area (Å²) < 4.78 is 10.8. The lowest BCUT2D eigenvalue weighted by Gasteiger charge is -2.31. The average Bonchev–Trinajstić information content (AvgIpc) is 2.94. The number of nitrogens with one attached hydrogen (secondary N) is 1. The van der Waals surface area contributed by atoms with Crippen LogP contribution in [-0.4, -0.2) is 47.9 Å². The van der Waals surface area contributed by atoms with Crippen LogP contribution in [0.5, 0.6) is 11.5 Å². The summed E-state index contributed by atoms with van der Waals surface area (Å²) in [6.45, 7) is 2.21. The summed E-state index contributed by atoms with van der Waals surface area (Å²) in [7, 11) is 1.31. The van der Waals surface area contributed by atoms with Gasteiger partial charge in [-0.15, -0.1) is 0 Å². The number of unbranched alkanes of at least 4 members (excludes halogenated alkanes) is 1. The molecule has 3 rings (SSSR count). The van der Waals surface area contributed by atoms with Crippen LogP contribution in [0.1, 0.15) is 30.9 Å². The van der Waals surface area contributed by atoms with Crippen LogP contribution in [0, 0.1) is 10.1 Å². The Hall–Kier alpha value is -4.11. The van der Waals surface area contributed by atoms with Crippen LogP contribution in [0.3, 0.4) is 0 Å². The zero-order valence-electron chi connectivity index (χ0n) is 22.0. The number of hydrogen-bond acceptors (Lipinski definition) is 6. The predicted molar refractivity (Wildman–Crippen MR) is 149 cm³/mol. The highest BCUT2D eigenvalue weighted by molar-refractivity contribution is 6.31. The van der Waals surface area contributed by atoms with Gasteiger partial charge in [0.25, 0.3) is 5.91 Å². The van der Waals surface area contributed by atoms with Gasteiger partial charge >= 0.3 is 5.69 Å². The molecule has 0 fully saturated rings. The number of ether oxygens (including phenoxy) is 2. The maximum absolute atomic E-state index is 13.7. The molecule has 3 aromatic carbocycles. The van der Waals surface area contributed by atoms with Gasteiger partial charge in [0.2, 0.25) is 11.7 Å². The summed E-state index contributed by atoms with van der Waals surface area (Å²) in [6, 6.07) is 19.8. The number of benzene rings is 3. The lowest BCUT2D eigenvalue weighted by molar-refractivity contribution is -0.385. The largest absolute Gasteiger partial charge is 0.490 e. The molecule has 10 heteroatoms. The van der Waals surface area contributed by atoms with E-state index in [4.69, 9.17) is 21.1 Å². The van der Waals surface area contributed by atoms with Gasteiger partial charge in [0, 0.05) is 36.7 Å². The van der Waals surface area contributed by atoms with E-state index in [9.17, 15) is 19.7 Å². The average molecular weight is 554 g/mol. The van der Waals surface area contributed by atoms with Crippen LogP contribution in [0.25, 0.3) is 0 Å². The molecule has 0 aromatic heterocycles. The number of methoxy groups -OCH3 is 1. The van der Waals surface area contributed by atoms with Gasteiger partial charge in [-0.25, -0.2) is 0 Å². The number of hydrogen-bond donors (Lipinski definition) is 1. The van der Waals surface area contributed by atoms with E-state index in [0.29, 0.717) is 23.6 Å². The summed E-state index contributed by atoms with van der Waals surface area (Å²) >= 11 is 6.43. The quantitative estimate of drug-likeness (QED) is 0.167. The molecular formula is C29H32ClN3O6. The fourth-order valence-electron chi connectivity index (χ4n) is 4.00. The highest BCUT2D eigenvalue weighted by Gasteiger charge is 2.31. The zero-order valence-corrected chi connectivity index (χ0v) is 22.7. The van der Waals surface area contributed by atoms with Gasteiger partial charge in [-0.2, -0.15) is 0 Å². The van der Waals surface area contributed by atoms with E-state index in [0.717, 1.165) is 18.4 Å². The van der Waals surface area contributed by atoms with Gasteiger partial charge in [0.1, 0.15) is 11.8 Å². The molecule has 0 unspecified atom stereocenters. The van der Waals surface area contributed by atoms with Crippen molar-refractivity contribution in [1.29, 1.82) is 0 Å². The van der Waals surface area contributed by atoms with E-state index in [2.05, 4.69) is 5.32 Å². The number of nitro benzene ring substituents is 1. The van der Waals surface area contributed by atoms with Crippen molar-refractivity contribution >= 4 is 29.1 Å². The first-order chi connectivity index (χ1) is 18.8. The van der Waals surface area contributed by atoms with E-state index in [1.807, 2.05) is 43.3 Å². The number of nitrogens with zero attached hydrogens (tertiary/aromatic N) is 2. The molecule has 0 aliphatic rings. The van der Waals surface area contributed by atoms with Crippen molar-refractivity contribution < 1.29 is 24.0 Å². The minimum Gasteiger partial charge on any atom is -0.490 e. The minimum absolute atomic E-state index is 0.00938. The first kappa shape index (κ1) is 29.4. The van der Waals surface area contributed by atoms with Crippen LogP contribution in [0.2, 0.25) is 5.02 Å². The molecule has 3 aromatic rings. The van der Waals surface area contributed by atoms with E-state index in [-0.39, 0.29) is 29.6 Å². The second kappa shape index (κ2) is 14.7. The number of halogens is 1. The molecule has 9 nitrogen and oxygen atoms in total. The molecule has 0 saturated carbocycles. The first-order valence-corrected chi connectivity index (χ1v) is 13.0.